The van der Waals surface area contributed by atoms with Gasteiger partial charge in [0.2, 0.25) is 0 Å². The van der Waals surface area contributed by atoms with Crippen molar-refractivity contribution in [2.24, 2.45) is 0 Å². The number of fused-ring (bicyclic) bond motifs is 1. The van der Waals surface area contributed by atoms with Crippen molar-refractivity contribution in [3.05, 3.63) is 40.4 Å². The molecule has 0 bridgehead atoms. The molecule has 2 atom stereocenters. The minimum absolute atomic E-state index is 0.109. The third-order valence-electron chi connectivity index (χ3n) is 3.26. The highest BCUT2D eigenvalue weighted by Gasteiger charge is 2.21. The molecule has 3 heterocycles. The number of hydrogen-bond donors (Lipinski definition) is 0. The van der Waals surface area contributed by atoms with E-state index >= 15 is 0 Å². The van der Waals surface area contributed by atoms with Crippen LogP contribution in [0, 0.1) is 6.92 Å². The molecule has 6 heteroatoms. The van der Waals surface area contributed by atoms with Crippen molar-refractivity contribution in [2.45, 2.75) is 32.2 Å². The van der Waals surface area contributed by atoms with Gasteiger partial charge in [-0.05, 0) is 26.8 Å². The van der Waals surface area contributed by atoms with Crippen molar-refractivity contribution in [1.82, 2.24) is 19.5 Å². The van der Waals surface area contributed by atoms with Crippen molar-refractivity contribution in [1.29, 1.82) is 0 Å². The van der Waals surface area contributed by atoms with Gasteiger partial charge in [-0.25, -0.2) is 9.97 Å². The first-order valence-corrected chi connectivity index (χ1v) is 7.71. The van der Waals surface area contributed by atoms with Gasteiger partial charge in [-0.15, -0.1) is 22.9 Å². The molecule has 0 aliphatic rings. The van der Waals surface area contributed by atoms with E-state index in [0.29, 0.717) is 0 Å². The van der Waals surface area contributed by atoms with Crippen LogP contribution in [0.15, 0.2) is 24.7 Å². The highest BCUT2D eigenvalue weighted by Crippen LogP contribution is 2.31. The maximum atomic E-state index is 6.30. The molecule has 3 rings (SSSR count). The summed E-state index contributed by atoms with van der Waals surface area (Å²) in [7, 11) is 0. The zero-order valence-corrected chi connectivity index (χ0v) is 13.1. The summed E-state index contributed by atoms with van der Waals surface area (Å²) in [6, 6.07) is 2.08. The molecule has 0 radical (unpaired) electrons. The molecule has 104 valence electrons. The number of nitrogens with zero attached hydrogens (tertiary/aromatic N) is 4. The minimum atomic E-state index is -0.161. The fourth-order valence-corrected chi connectivity index (χ4v) is 3.30. The molecule has 0 aliphatic heterocycles. The van der Waals surface area contributed by atoms with Crippen molar-refractivity contribution in [3.8, 4) is 0 Å². The molecule has 3 aromatic heterocycles. The van der Waals surface area contributed by atoms with E-state index in [1.54, 1.807) is 23.7 Å². The van der Waals surface area contributed by atoms with Crippen molar-refractivity contribution >= 4 is 34.0 Å². The first kappa shape index (κ1) is 13.5. The van der Waals surface area contributed by atoms with Crippen LogP contribution >= 0.6 is 22.9 Å². The van der Waals surface area contributed by atoms with Gasteiger partial charge >= 0.3 is 0 Å². The van der Waals surface area contributed by atoms with E-state index < -0.39 is 0 Å². The number of imidazole rings is 1. The molecule has 0 spiro atoms. The van der Waals surface area contributed by atoms with Crippen LogP contribution in [0.25, 0.3) is 11.0 Å². The maximum absolute atomic E-state index is 6.30. The molecule has 3 aromatic rings. The van der Waals surface area contributed by atoms with Crippen LogP contribution in [0.3, 0.4) is 0 Å². The van der Waals surface area contributed by atoms with E-state index in [1.165, 1.54) is 4.88 Å². The van der Waals surface area contributed by atoms with Crippen LogP contribution in [0.5, 0.6) is 0 Å². The lowest BCUT2D eigenvalue weighted by atomic mass is 10.3. The number of thiazole rings is 1. The van der Waals surface area contributed by atoms with Gasteiger partial charge in [0.1, 0.15) is 16.3 Å². The highest BCUT2D eigenvalue weighted by molar-refractivity contribution is 7.11. The Morgan fingerprint density at radius 1 is 1.30 bits per heavy atom. The number of pyridine rings is 1. The second-order valence-corrected chi connectivity index (χ2v) is 6.73. The summed E-state index contributed by atoms with van der Waals surface area (Å²) >= 11 is 8.00. The smallest absolute Gasteiger partial charge is 0.128 e. The lowest BCUT2D eigenvalue weighted by Gasteiger charge is -2.16. The van der Waals surface area contributed by atoms with Crippen LogP contribution in [0.4, 0.5) is 0 Å². The molecule has 0 saturated carbocycles. The Hall–Kier alpha value is -1.46. The standard InChI is InChI=1S/C14H15ClN4S/c1-8-6-17-14(20-8)10(3)19-12-4-5-16-7-11(12)18-13(19)9(2)15/h4-7,9-10H,1-3H3. The summed E-state index contributed by atoms with van der Waals surface area (Å²) in [5, 5.41) is 0.906. The summed E-state index contributed by atoms with van der Waals surface area (Å²) in [5.74, 6) is 0.856. The SMILES string of the molecule is Cc1cnc(C(C)n2c(C(C)Cl)nc3cnccc32)s1. The van der Waals surface area contributed by atoms with Gasteiger partial charge in [-0.2, -0.15) is 0 Å². The second kappa shape index (κ2) is 5.14. The average Bonchev–Trinajstić information content (AvgIpc) is 3.01. The largest absolute Gasteiger partial charge is 0.317 e. The summed E-state index contributed by atoms with van der Waals surface area (Å²) in [6.07, 6.45) is 5.46. The fourth-order valence-electron chi connectivity index (χ4n) is 2.33. The summed E-state index contributed by atoms with van der Waals surface area (Å²) in [4.78, 5) is 14.4. The zero-order valence-electron chi connectivity index (χ0n) is 11.5. The molecule has 2 unspecified atom stereocenters. The molecule has 0 aromatic carbocycles. The van der Waals surface area contributed by atoms with Gasteiger partial charge in [-0.3, -0.25) is 4.98 Å². The molecular weight excluding hydrogens is 292 g/mol. The van der Waals surface area contributed by atoms with Gasteiger partial charge in [0, 0.05) is 17.3 Å². The third kappa shape index (κ3) is 2.21. The van der Waals surface area contributed by atoms with E-state index in [-0.39, 0.29) is 11.4 Å². The monoisotopic (exact) mass is 306 g/mol. The predicted octanol–water partition coefficient (Wildman–Crippen LogP) is 4.11. The normalized spacial score (nSPS) is 14.6. The van der Waals surface area contributed by atoms with Crippen LogP contribution in [0.1, 0.15) is 41.0 Å². The fraction of sp³-hybridized carbons (Fsp3) is 0.357. The van der Waals surface area contributed by atoms with Crippen LogP contribution in [0.2, 0.25) is 0 Å². The minimum Gasteiger partial charge on any atom is -0.317 e. The van der Waals surface area contributed by atoms with Crippen molar-refractivity contribution < 1.29 is 0 Å². The number of rotatable bonds is 3. The van der Waals surface area contributed by atoms with Gasteiger partial charge in [0.05, 0.1) is 23.1 Å². The first-order chi connectivity index (χ1) is 9.58. The molecule has 0 N–H and O–H groups in total. The van der Waals surface area contributed by atoms with E-state index in [2.05, 4.69) is 33.4 Å². The number of aromatic nitrogens is 4. The van der Waals surface area contributed by atoms with Gasteiger partial charge in [0.15, 0.2) is 0 Å². The van der Waals surface area contributed by atoms with E-state index in [1.807, 2.05) is 19.2 Å². The summed E-state index contributed by atoms with van der Waals surface area (Å²) in [5.41, 5.74) is 1.91. The van der Waals surface area contributed by atoms with E-state index in [0.717, 1.165) is 21.9 Å². The van der Waals surface area contributed by atoms with Gasteiger partial charge < -0.3 is 4.57 Å². The Bertz CT molecular complexity index is 747. The molecule has 0 saturated heterocycles. The number of hydrogen-bond acceptors (Lipinski definition) is 4. The molecule has 0 fully saturated rings. The van der Waals surface area contributed by atoms with Crippen LogP contribution in [-0.4, -0.2) is 19.5 Å². The summed E-state index contributed by atoms with van der Waals surface area (Å²) < 4.78 is 2.16. The predicted molar refractivity (Wildman–Crippen MR) is 82.5 cm³/mol. The Labute approximate surface area is 126 Å². The topological polar surface area (TPSA) is 43.6 Å². The lowest BCUT2D eigenvalue weighted by Crippen LogP contribution is -2.11. The highest BCUT2D eigenvalue weighted by atomic mass is 35.5. The number of aryl methyl sites for hydroxylation is 1. The molecule has 0 aliphatic carbocycles. The van der Waals surface area contributed by atoms with Gasteiger partial charge in [-0.1, -0.05) is 0 Å². The molecular formula is C14H15ClN4S. The van der Waals surface area contributed by atoms with Gasteiger partial charge in [0.25, 0.3) is 0 Å². The third-order valence-corrected chi connectivity index (χ3v) is 4.54. The Morgan fingerprint density at radius 2 is 2.10 bits per heavy atom. The first-order valence-electron chi connectivity index (χ1n) is 6.46. The Balaban J connectivity index is 2.20. The van der Waals surface area contributed by atoms with Crippen molar-refractivity contribution in [3.63, 3.8) is 0 Å². The quantitative estimate of drug-likeness (QED) is 0.684. The number of halogens is 1. The van der Waals surface area contributed by atoms with E-state index in [4.69, 9.17) is 11.6 Å². The molecule has 20 heavy (non-hydrogen) atoms. The Morgan fingerprint density at radius 3 is 2.75 bits per heavy atom. The number of alkyl halides is 1. The Kier molecular flexibility index (Phi) is 3.48. The zero-order chi connectivity index (χ0) is 14.3. The average molecular weight is 307 g/mol. The van der Waals surface area contributed by atoms with Crippen LogP contribution < -0.4 is 0 Å². The van der Waals surface area contributed by atoms with Crippen LogP contribution in [-0.2, 0) is 0 Å². The second-order valence-electron chi connectivity index (χ2n) is 4.81. The van der Waals surface area contributed by atoms with Crippen molar-refractivity contribution in [2.75, 3.05) is 0 Å². The summed E-state index contributed by atoms with van der Waals surface area (Å²) in [6.45, 7) is 6.13. The van der Waals surface area contributed by atoms with E-state index in [9.17, 15) is 0 Å². The maximum Gasteiger partial charge on any atom is 0.128 e. The molecule has 4 nitrogen and oxygen atoms in total. The lowest BCUT2D eigenvalue weighted by molar-refractivity contribution is 0.615. The molecule has 0 amide bonds.